The van der Waals surface area contributed by atoms with Crippen molar-refractivity contribution in [2.45, 2.75) is 5.92 Å². The van der Waals surface area contributed by atoms with Crippen LogP contribution in [0.25, 0.3) is 0 Å². The van der Waals surface area contributed by atoms with Gasteiger partial charge in [-0.05, 0) is 5.16 Å². The van der Waals surface area contributed by atoms with E-state index in [-0.39, 0.29) is 5.92 Å². The first-order valence-corrected chi connectivity index (χ1v) is 4.66. The van der Waals surface area contributed by atoms with Gasteiger partial charge >= 0.3 is 5.97 Å². The number of nitrogens with one attached hydrogen (secondary N) is 1. The van der Waals surface area contributed by atoms with E-state index in [1.165, 1.54) is 7.11 Å². The number of ether oxygens (including phenoxy) is 1. The van der Waals surface area contributed by atoms with Gasteiger partial charge in [-0.2, -0.15) is 0 Å². The van der Waals surface area contributed by atoms with Crippen LogP contribution in [-0.4, -0.2) is 36.4 Å². The molecule has 6 heteroatoms. The average Bonchev–Trinajstić information content (AvgIpc) is 2.85. The van der Waals surface area contributed by atoms with Gasteiger partial charge < -0.3 is 19.7 Å². The Hall–Kier alpha value is -1.56. The molecule has 2 N–H and O–H groups in total. The fraction of sp³-hybridized carbons (Fsp3) is 0.556. The zero-order valence-corrected chi connectivity index (χ0v) is 8.27. The molecule has 15 heavy (non-hydrogen) atoms. The molecule has 6 nitrogen and oxygen atoms in total. The van der Waals surface area contributed by atoms with Gasteiger partial charge in [0, 0.05) is 25.1 Å². The highest BCUT2D eigenvalue weighted by atomic mass is 16.5. The van der Waals surface area contributed by atoms with Gasteiger partial charge in [0.05, 0.1) is 13.0 Å². The summed E-state index contributed by atoms with van der Waals surface area (Å²) in [6.07, 6.45) is 0. The molecule has 1 saturated heterocycles. The zero-order chi connectivity index (χ0) is 10.8. The number of aliphatic carboxylic acids is 1. The summed E-state index contributed by atoms with van der Waals surface area (Å²) in [5, 5.41) is 15.7. The van der Waals surface area contributed by atoms with Crippen LogP contribution in [-0.2, 0) is 4.79 Å². The van der Waals surface area contributed by atoms with Crippen LogP contribution in [0.4, 0.5) is 0 Å². The third-order valence-corrected chi connectivity index (χ3v) is 2.61. The Morgan fingerprint density at radius 2 is 2.53 bits per heavy atom. The highest BCUT2D eigenvalue weighted by Gasteiger charge is 2.36. The molecular weight excluding hydrogens is 200 g/mol. The summed E-state index contributed by atoms with van der Waals surface area (Å²) in [6.45, 7) is 1.05. The second-order valence-electron chi connectivity index (χ2n) is 3.48. The number of methoxy groups -OCH3 is 1. The maximum Gasteiger partial charge on any atom is 0.308 e. The van der Waals surface area contributed by atoms with Crippen LogP contribution in [0.3, 0.4) is 0 Å². The van der Waals surface area contributed by atoms with Gasteiger partial charge in [0.15, 0.2) is 0 Å². The minimum absolute atomic E-state index is 0.168. The zero-order valence-electron chi connectivity index (χ0n) is 8.27. The van der Waals surface area contributed by atoms with Gasteiger partial charge in [0.25, 0.3) is 5.88 Å². The Kier molecular flexibility index (Phi) is 2.59. The van der Waals surface area contributed by atoms with Gasteiger partial charge in [-0.3, -0.25) is 4.79 Å². The lowest BCUT2D eigenvalue weighted by molar-refractivity contribution is -0.141. The normalized spacial score (nSPS) is 25.4. The second-order valence-corrected chi connectivity index (χ2v) is 3.48. The fourth-order valence-corrected chi connectivity index (χ4v) is 1.78. The monoisotopic (exact) mass is 212 g/mol. The lowest BCUT2D eigenvalue weighted by Crippen LogP contribution is -2.20. The van der Waals surface area contributed by atoms with Crippen molar-refractivity contribution < 1.29 is 19.2 Å². The van der Waals surface area contributed by atoms with E-state index in [1.54, 1.807) is 6.07 Å². The Bertz CT molecular complexity index is 363. The standard InChI is InChI=1S/C9H12N2O4/c1-14-8-2-7(15-11-8)5-3-10-4-6(5)9(12)13/h2,5-6,10H,3-4H2,1H3,(H,12,13). The van der Waals surface area contributed by atoms with Gasteiger partial charge in [0.1, 0.15) is 5.76 Å². The van der Waals surface area contributed by atoms with Crippen molar-refractivity contribution in [3.8, 4) is 5.88 Å². The summed E-state index contributed by atoms with van der Waals surface area (Å²) in [5.74, 6) is -0.507. The van der Waals surface area contributed by atoms with E-state index in [1.807, 2.05) is 0 Å². The first kappa shape index (κ1) is 9.97. The topological polar surface area (TPSA) is 84.6 Å². The SMILES string of the molecule is COc1cc(C2CNCC2C(=O)O)on1. The highest BCUT2D eigenvalue weighted by molar-refractivity contribution is 5.72. The Morgan fingerprint density at radius 3 is 3.13 bits per heavy atom. The van der Waals surface area contributed by atoms with Crippen LogP contribution in [0.1, 0.15) is 11.7 Å². The first-order valence-electron chi connectivity index (χ1n) is 4.66. The maximum absolute atomic E-state index is 10.9. The summed E-state index contributed by atoms with van der Waals surface area (Å²) >= 11 is 0. The van der Waals surface area contributed by atoms with E-state index >= 15 is 0 Å². The van der Waals surface area contributed by atoms with E-state index in [0.29, 0.717) is 24.7 Å². The predicted molar refractivity (Wildman–Crippen MR) is 49.8 cm³/mol. The number of carbonyl (C=O) groups is 1. The van der Waals surface area contributed by atoms with Crippen LogP contribution < -0.4 is 10.1 Å². The number of aromatic nitrogens is 1. The minimum atomic E-state index is -0.819. The number of nitrogens with zero attached hydrogens (tertiary/aromatic N) is 1. The molecule has 2 atom stereocenters. The molecule has 0 amide bonds. The molecule has 0 spiro atoms. The molecule has 1 aromatic rings. The molecular formula is C9H12N2O4. The molecule has 2 rings (SSSR count). The van der Waals surface area contributed by atoms with Crippen LogP contribution in [0, 0.1) is 5.92 Å². The lowest BCUT2D eigenvalue weighted by Gasteiger charge is -2.09. The van der Waals surface area contributed by atoms with Crippen molar-refractivity contribution in [1.82, 2.24) is 10.5 Å². The molecule has 1 aliphatic heterocycles. The predicted octanol–water partition coefficient (Wildman–Crippen LogP) is 0.0708. The van der Waals surface area contributed by atoms with Gasteiger partial charge in [-0.1, -0.05) is 0 Å². The minimum Gasteiger partial charge on any atom is -0.481 e. The molecule has 82 valence electrons. The van der Waals surface area contributed by atoms with Gasteiger partial charge in [-0.15, -0.1) is 0 Å². The molecule has 1 fully saturated rings. The summed E-state index contributed by atoms with van der Waals surface area (Å²) < 4.78 is 9.92. The quantitative estimate of drug-likeness (QED) is 0.737. The Morgan fingerprint density at radius 1 is 1.73 bits per heavy atom. The molecule has 2 unspecified atom stereocenters. The van der Waals surface area contributed by atoms with Crippen LogP contribution in [0.5, 0.6) is 5.88 Å². The van der Waals surface area contributed by atoms with Crippen molar-refractivity contribution in [3.05, 3.63) is 11.8 Å². The number of hydrogen-bond donors (Lipinski definition) is 2. The molecule has 1 aromatic heterocycles. The highest BCUT2D eigenvalue weighted by Crippen LogP contribution is 2.30. The Balaban J connectivity index is 2.18. The summed E-state index contributed by atoms with van der Waals surface area (Å²) in [6, 6.07) is 1.63. The molecule has 2 heterocycles. The van der Waals surface area contributed by atoms with E-state index in [2.05, 4.69) is 10.5 Å². The Labute approximate surface area is 86.2 Å². The van der Waals surface area contributed by atoms with Crippen molar-refractivity contribution in [3.63, 3.8) is 0 Å². The smallest absolute Gasteiger partial charge is 0.308 e. The number of carboxylic acid groups (broad SMARTS) is 1. The third-order valence-electron chi connectivity index (χ3n) is 2.61. The van der Waals surface area contributed by atoms with Crippen LogP contribution in [0.2, 0.25) is 0 Å². The molecule has 1 aliphatic rings. The largest absolute Gasteiger partial charge is 0.481 e. The number of rotatable bonds is 3. The lowest BCUT2D eigenvalue weighted by atomic mass is 9.94. The molecule has 0 aromatic carbocycles. The van der Waals surface area contributed by atoms with E-state index in [0.717, 1.165) is 0 Å². The van der Waals surface area contributed by atoms with Gasteiger partial charge in [-0.25, -0.2) is 0 Å². The number of hydrogen-bond acceptors (Lipinski definition) is 5. The van der Waals surface area contributed by atoms with E-state index in [9.17, 15) is 4.79 Å². The van der Waals surface area contributed by atoms with Crippen molar-refractivity contribution in [2.75, 3.05) is 20.2 Å². The summed E-state index contributed by atoms with van der Waals surface area (Å²) in [4.78, 5) is 10.9. The van der Waals surface area contributed by atoms with Gasteiger partial charge in [0.2, 0.25) is 0 Å². The summed E-state index contributed by atoms with van der Waals surface area (Å²) in [5.41, 5.74) is 0. The molecule has 0 saturated carbocycles. The van der Waals surface area contributed by atoms with Crippen molar-refractivity contribution in [1.29, 1.82) is 0 Å². The van der Waals surface area contributed by atoms with Crippen molar-refractivity contribution >= 4 is 5.97 Å². The second kappa shape index (κ2) is 3.90. The fourth-order valence-electron chi connectivity index (χ4n) is 1.78. The maximum atomic E-state index is 10.9. The number of carboxylic acids is 1. The van der Waals surface area contributed by atoms with E-state index < -0.39 is 11.9 Å². The van der Waals surface area contributed by atoms with Crippen LogP contribution >= 0.6 is 0 Å². The average molecular weight is 212 g/mol. The first-order chi connectivity index (χ1) is 7.22. The van der Waals surface area contributed by atoms with Crippen LogP contribution in [0.15, 0.2) is 10.6 Å². The third kappa shape index (κ3) is 1.80. The molecule has 0 radical (unpaired) electrons. The summed E-state index contributed by atoms with van der Waals surface area (Å²) in [7, 11) is 1.49. The molecule has 0 aliphatic carbocycles. The molecule has 0 bridgehead atoms. The van der Waals surface area contributed by atoms with Crippen molar-refractivity contribution in [2.24, 2.45) is 5.92 Å². The van der Waals surface area contributed by atoms with E-state index in [4.69, 9.17) is 14.4 Å².